The molecule has 0 heterocycles. The molecule has 0 aliphatic carbocycles. The Morgan fingerprint density at radius 3 is 1.88 bits per heavy atom. The van der Waals surface area contributed by atoms with Crippen LogP contribution in [0.5, 0.6) is 0 Å². The second-order valence-corrected chi connectivity index (χ2v) is 5.22. The number of unbranched alkanes of at least 4 members (excludes halogenated alkanes) is 4. The Bertz CT molecular complexity index is 500. The van der Waals surface area contributed by atoms with Gasteiger partial charge in [-0.3, -0.25) is 0 Å². The fourth-order valence-corrected chi connectivity index (χ4v) is 1.78. The van der Waals surface area contributed by atoms with E-state index in [0.717, 1.165) is 12.5 Å². The summed E-state index contributed by atoms with van der Waals surface area (Å²) >= 11 is 0. The van der Waals surface area contributed by atoms with Crippen LogP contribution in [0.15, 0.2) is 85.1 Å². The molecular formula is C22H30O2. The van der Waals surface area contributed by atoms with Gasteiger partial charge in [0.2, 0.25) is 0 Å². The van der Waals surface area contributed by atoms with E-state index >= 15 is 0 Å². The summed E-state index contributed by atoms with van der Waals surface area (Å²) in [5.74, 6) is -0.940. The van der Waals surface area contributed by atoms with Gasteiger partial charge in [0.05, 0.1) is 0 Å². The molecule has 0 aromatic carbocycles. The van der Waals surface area contributed by atoms with E-state index in [4.69, 9.17) is 5.11 Å². The molecule has 130 valence electrons. The van der Waals surface area contributed by atoms with E-state index in [1.54, 1.807) is 12.2 Å². The predicted octanol–water partition coefficient (Wildman–Crippen LogP) is 6.32. The van der Waals surface area contributed by atoms with Crippen LogP contribution in [0.2, 0.25) is 0 Å². The van der Waals surface area contributed by atoms with Crippen LogP contribution in [-0.4, -0.2) is 11.1 Å². The first-order valence-electron chi connectivity index (χ1n) is 8.65. The van der Waals surface area contributed by atoms with E-state index in [9.17, 15) is 4.79 Å². The van der Waals surface area contributed by atoms with Crippen LogP contribution in [0.3, 0.4) is 0 Å². The highest BCUT2D eigenvalue weighted by Crippen LogP contribution is 2.02. The lowest BCUT2D eigenvalue weighted by atomic mass is 10.1. The highest BCUT2D eigenvalue weighted by atomic mass is 16.4. The number of allylic oxidation sites excluding steroid dienone is 13. The van der Waals surface area contributed by atoms with Crippen molar-refractivity contribution in [2.75, 3.05) is 0 Å². The largest absolute Gasteiger partial charge is 0.478 e. The SMILES string of the molecule is CCCCCCC=CC=CCC=CC=CC=CC=CC=CC(=O)O. The van der Waals surface area contributed by atoms with Gasteiger partial charge in [0.25, 0.3) is 0 Å². The van der Waals surface area contributed by atoms with Gasteiger partial charge < -0.3 is 5.11 Å². The molecule has 0 aliphatic heterocycles. The van der Waals surface area contributed by atoms with Crippen molar-refractivity contribution in [1.82, 2.24) is 0 Å². The van der Waals surface area contributed by atoms with Crippen molar-refractivity contribution in [3.63, 3.8) is 0 Å². The topological polar surface area (TPSA) is 37.3 Å². The Balaban J connectivity index is 3.68. The van der Waals surface area contributed by atoms with Crippen molar-refractivity contribution >= 4 is 5.97 Å². The number of carbonyl (C=O) groups is 1. The molecule has 0 spiro atoms. The van der Waals surface area contributed by atoms with Crippen molar-refractivity contribution < 1.29 is 9.90 Å². The molecule has 0 aliphatic rings. The summed E-state index contributed by atoms with van der Waals surface area (Å²) < 4.78 is 0. The van der Waals surface area contributed by atoms with Crippen LogP contribution in [0.1, 0.15) is 45.4 Å². The lowest BCUT2D eigenvalue weighted by molar-refractivity contribution is -0.131. The number of aliphatic carboxylic acids is 1. The predicted molar refractivity (Wildman–Crippen MR) is 105 cm³/mol. The zero-order valence-corrected chi connectivity index (χ0v) is 14.7. The molecule has 0 saturated carbocycles. The highest BCUT2D eigenvalue weighted by molar-refractivity contribution is 5.80. The van der Waals surface area contributed by atoms with Crippen molar-refractivity contribution in [1.29, 1.82) is 0 Å². The summed E-state index contributed by atoms with van der Waals surface area (Å²) in [6.07, 6.45) is 33.8. The maximum atomic E-state index is 10.2. The summed E-state index contributed by atoms with van der Waals surface area (Å²) in [6.45, 7) is 2.23. The first kappa shape index (κ1) is 21.6. The molecule has 0 unspecified atom stereocenters. The number of hydrogen-bond donors (Lipinski definition) is 1. The van der Waals surface area contributed by atoms with E-state index in [-0.39, 0.29) is 0 Å². The van der Waals surface area contributed by atoms with Gasteiger partial charge in [0.15, 0.2) is 0 Å². The maximum Gasteiger partial charge on any atom is 0.328 e. The van der Waals surface area contributed by atoms with Gasteiger partial charge in [-0.1, -0.05) is 105 Å². The Labute approximate surface area is 147 Å². The van der Waals surface area contributed by atoms with E-state index in [2.05, 4.69) is 37.3 Å². The van der Waals surface area contributed by atoms with Crippen LogP contribution in [0.25, 0.3) is 0 Å². The third-order valence-corrected chi connectivity index (χ3v) is 3.03. The lowest BCUT2D eigenvalue weighted by Crippen LogP contribution is -1.84. The summed E-state index contributed by atoms with van der Waals surface area (Å²) in [5.41, 5.74) is 0. The van der Waals surface area contributed by atoms with Crippen LogP contribution in [0, 0.1) is 0 Å². The smallest absolute Gasteiger partial charge is 0.328 e. The van der Waals surface area contributed by atoms with Crippen molar-refractivity contribution in [2.24, 2.45) is 0 Å². The molecule has 0 aromatic heterocycles. The second kappa shape index (κ2) is 18.7. The highest BCUT2D eigenvalue weighted by Gasteiger charge is 1.83. The minimum Gasteiger partial charge on any atom is -0.478 e. The van der Waals surface area contributed by atoms with Gasteiger partial charge >= 0.3 is 5.97 Å². The first-order chi connectivity index (χ1) is 11.8. The van der Waals surface area contributed by atoms with Crippen LogP contribution in [0.4, 0.5) is 0 Å². The van der Waals surface area contributed by atoms with Crippen LogP contribution >= 0.6 is 0 Å². The monoisotopic (exact) mass is 326 g/mol. The molecule has 24 heavy (non-hydrogen) atoms. The zero-order chi connectivity index (χ0) is 17.7. The Morgan fingerprint density at radius 1 is 0.708 bits per heavy atom. The molecule has 0 saturated heterocycles. The Morgan fingerprint density at radius 2 is 1.25 bits per heavy atom. The standard InChI is InChI=1S/C22H30O2/c1-2-3-4-5-6-7-8-9-10-11-12-13-14-15-16-17-18-19-20-21-22(23)24/h7-10,12-21H,2-6,11H2,1H3,(H,23,24). The summed E-state index contributed by atoms with van der Waals surface area (Å²) in [6, 6.07) is 0. The molecule has 1 N–H and O–H groups in total. The van der Waals surface area contributed by atoms with E-state index < -0.39 is 5.97 Å². The zero-order valence-electron chi connectivity index (χ0n) is 14.7. The summed E-state index contributed by atoms with van der Waals surface area (Å²) in [4.78, 5) is 10.2. The minimum atomic E-state index is -0.940. The average molecular weight is 326 g/mol. The van der Waals surface area contributed by atoms with E-state index in [1.807, 2.05) is 30.4 Å². The quantitative estimate of drug-likeness (QED) is 0.244. The average Bonchev–Trinajstić information content (AvgIpc) is 2.56. The van der Waals surface area contributed by atoms with Crippen LogP contribution in [-0.2, 0) is 4.79 Å². The lowest BCUT2D eigenvalue weighted by Gasteiger charge is -1.92. The van der Waals surface area contributed by atoms with Crippen molar-refractivity contribution in [3.8, 4) is 0 Å². The molecule has 0 bridgehead atoms. The maximum absolute atomic E-state index is 10.2. The number of hydrogen-bond acceptors (Lipinski definition) is 1. The van der Waals surface area contributed by atoms with Crippen LogP contribution < -0.4 is 0 Å². The third kappa shape index (κ3) is 19.7. The summed E-state index contributed by atoms with van der Waals surface area (Å²) in [5, 5.41) is 8.39. The van der Waals surface area contributed by atoms with Gasteiger partial charge in [-0.05, 0) is 19.3 Å². The molecule has 0 radical (unpaired) electrons. The van der Waals surface area contributed by atoms with Gasteiger partial charge in [-0.2, -0.15) is 0 Å². The van der Waals surface area contributed by atoms with Crippen molar-refractivity contribution in [2.45, 2.75) is 45.4 Å². The molecule has 2 heteroatoms. The summed E-state index contributed by atoms with van der Waals surface area (Å²) in [7, 11) is 0. The molecule has 0 atom stereocenters. The first-order valence-corrected chi connectivity index (χ1v) is 8.65. The molecule has 0 aromatic rings. The fourth-order valence-electron chi connectivity index (χ4n) is 1.78. The number of carboxylic acid groups (broad SMARTS) is 1. The Hall–Kier alpha value is -2.35. The van der Waals surface area contributed by atoms with Gasteiger partial charge in [0, 0.05) is 6.08 Å². The molecule has 0 amide bonds. The van der Waals surface area contributed by atoms with Crippen molar-refractivity contribution in [3.05, 3.63) is 85.1 Å². The van der Waals surface area contributed by atoms with Gasteiger partial charge in [-0.15, -0.1) is 0 Å². The van der Waals surface area contributed by atoms with E-state index in [0.29, 0.717) is 0 Å². The number of carboxylic acids is 1. The van der Waals surface area contributed by atoms with E-state index in [1.165, 1.54) is 38.2 Å². The van der Waals surface area contributed by atoms with Gasteiger partial charge in [0.1, 0.15) is 0 Å². The second-order valence-electron chi connectivity index (χ2n) is 5.22. The number of rotatable bonds is 13. The van der Waals surface area contributed by atoms with Gasteiger partial charge in [-0.25, -0.2) is 4.79 Å². The Kier molecular flexibility index (Phi) is 16.9. The normalized spacial score (nSPS) is 13.4. The molecule has 2 nitrogen and oxygen atoms in total. The third-order valence-electron chi connectivity index (χ3n) is 3.03. The molecular weight excluding hydrogens is 296 g/mol. The fraction of sp³-hybridized carbons (Fsp3) is 0.318. The minimum absolute atomic E-state index is 0.925. The molecule has 0 rings (SSSR count). The molecule has 0 fully saturated rings.